The molecule has 0 radical (unpaired) electrons. The maximum Gasteiger partial charge on any atom is 0.221 e. The third kappa shape index (κ3) is 3.66. The molecule has 0 bridgehead atoms. The first-order chi connectivity index (χ1) is 6.55. The Hall–Kier alpha value is 0.0500. The van der Waals surface area contributed by atoms with E-state index < -0.39 is 16.1 Å². The lowest BCUT2D eigenvalue weighted by atomic mass is 10.2. The van der Waals surface area contributed by atoms with Gasteiger partial charge in [-0.05, 0) is 22.4 Å². The van der Waals surface area contributed by atoms with Crippen molar-refractivity contribution in [2.75, 3.05) is 11.2 Å². The highest BCUT2D eigenvalue weighted by Gasteiger charge is 2.12. The molecule has 1 aromatic heterocycles. The fraction of sp³-hybridized carbons (Fsp3) is 0.429. The molecule has 0 fully saturated rings. The molecule has 0 spiro atoms. The maximum absolute atomic E-state index is 11.0. The highest BCUT2D eigenvalue weighted by atomic mass is 79.9. The van der Waals surface area contributed by atoms with Crippen molar-refractivity contribution in [3.05, 3.63) is 22.4 Å². The number of aliphatic hydroxyl groups is 1. The van der Waals surface area contributed by atoms with E-state index in [9.17, 15) is 13.5 Å². The highest BCUT2D eigenvalue weighted by molar-refractivity contribution is 9.10. The minimum absolute atomic E-state index is 0.00463. The van der Waals surface area contributed by atoms with E-state index in [1.165, 1.54) is 11.3 Å². The summed E-state index contributed by atoms with van der Waals surface area (Å²) in [6.45, 7) is 0.00463. The van der Waals surface area contributed by atoms with Crippen molar-refractivity contribution in [1.82, 2.24) is 4.72 Å². The Morgan fingerprint density at radius 2 is 2.36 bits per heavy atom. The van der Waals surface area contributed by atoms with Crippen molar-refractivity contribution in [2.45, 2.75) is 6.10 Å². The topological polar surface area (TPSA) is 66.4 Å². The van der Waals surface area contributed by atoms with Gasteiger partial charge in [0.25, 0.3) is 0 Å². The number of alkyl halides is 1. The lowest BCUT2D eigenvalue weighted by Crippen LogP contribution is -2.28. The van der Waals surface area contributed by atoms with Gasteiger partial charge in [-0.3, -0.25) is 0 Å². The van der Waals surface area contributed by atoms with Crippen LogP contribution in [0.2, 0.25) is 0 Å². The second kappa shape index (κ2) is 5.22. The van der Waals surface area contributed by atoms with Gasteiger partial charge in [0.05, 0.1) is 6.10 Å². The molecule has 1 aromatic rings. The number of aliphatic hydroxyl groups excluding tert-OH is 1. The minimum Gasteiger partial charge on any atom is -0.387 e. The smallest absolute Gasteiger partial charge is 0.221 e. The highest BCUT2D eigenvalue weighted by Crippen LogP contribution is 2.15. The zero-order valence-corrected chi connectivity index (χ0v) is 10.4. The fourth-order valence-electron chi connectivity index (χ4n) is 0.827. The van der Waals surface area contributed by atoms with Gasteiger partial charge in [0.1, 0.15) is 4.66 Å². The Bertz CT molecular complexity index is 362. The van der Waals surface area contributed by atoms with Gasteiger partial charge in [-0.15, -0.1) is 0 Å². The zero-order chi connectivity index (χ0) is 10.6. The molecule has 2 N–H and O–H groups in total. The molecule has 0 aromatic carbocycles. The average Bonchev–Trinajstić information content (AvgIpc) is 2.67. The molecule has 0 saturated carbocycles. The summed E-state index contributed by atoms with van der Waals surface area (Å²) in [5.41, 5.74) is 0.729. The van der Waals surface area contributed by atoms with E-state index in [0.29, 0.717) is 0 Å². The largest absolute Gasteiger partial charge is 0.387 e. The second-order valence-corrected chi connectivity index (χ2v) is 6.53. The fourth-order valence-corrected chi connectivity index (χ4v) is 2.51. The van der Waals surface area contributed by atoms with Crippen LogP contribution in [0.4, 0.5) is 0 Å². The lowest BCUT2D eigenvalue weighted by Gasteiger charge is -2.09. The van der Waals surface area contributed by atoms with Crippen LogP contribution in [0, 0.1) is 0 Å². The van der Waals surface area contributed by atoms with Crippen LogP contribution in [0.15, 0.2) is 16.8 Å². The third-order valence-electron chi connectivity index (χ3n) is 1.57. The van der Waals surface area contributed by atoms with Crippen molar-refractivity contribution in [3.63, 3.8) is 0 Å². The monoisotopic (exact) mass is 299 g/mol. The Labute approximate surface area is 95.1 Å². The molecule has 1 atom stereocenters. The molecule has 4 nitrogen and oxygen atoms in total. The first-order valence-corrected chi connectivity index (χ1v) is 7.50. The lowest BCUT2D eigenvalue weighted by molar-refractivity contribution is 0.182. The summed E-state index contributed by atoms with van der Waals surface area (Å²) in [4.78, 5) is 0. The molecule has 1 rings (SSSR count). The molecule has 14 heavy (non-hydrogen) atoms. The summed E-state index contributed by atoms with van der Waals surface area (Å²) in [6, 6.07) is 1.76. The van der Waals surface area contributed by atoms with Crippen molar-refractivity contribution < 1.29 is 13.5 Å². The van der Waals surface area contributed by atoms with Crippen molar-refractivity contribution >= 4 is 37.3 Å². The van der Waals surface area contributed by atoms with Crippen molar-refractivity contribution in [2.24, 2.45) is 0 Å². The third-order valence-corrected chi connectivity index (χ3v) is 4.97. The number of nitrogens with one attached hydrogen (secondary N) is 1. The standard InChI is InChI=1S/C7H10BrNO3S2/c8-5-14(11,12)9-3-7(10)6-1-2-13-4-6/h1-2,4,7,9-10H,3,5H2. The van der Waals surface area contributed by atoms with Crippen LogP contribution in [0.25, 0.3) is 0 Å². The molecule has 1 unspecified atom stereocenters. The normalized spacial score (nSPS) is 14.1. The summed E-state index contributed by atoms with van der Waals surface area (Å²) in [5.74, 6) is 0. The van der Waals surface area contributed by atoms with E-state index >= 15 is 0 Å². The second-order valence-electron chi connectivity index (χ2n) is 2.64. The van der Waals surface area contributed by atoms with Crippen LogP contribution in [-0.4, -0.2) is 24.7 Å². The molecule has 0 amide bonds. The zero-order valence-electron chi connectivity index (χ0n) is 7.18. The van der Waals surface area contributed by atoms with Gasteiger partial charge in [0, 0.05) is 6.54 Å². The number of sulfonamides is 1. The number of halogens is 1. The Morgan fingerprint density at radius 1 is 1.64 bits per heavy atom. The van der Waals surface area contributed by atoms with Gasteiger partial charge in [-0.1, -0.05) is 15.9 Å². The van der Waals surface area contributed by atoms with Crippen LogP contribution < -0.4 is 4.72 Å². The molecular weight excluding hydrogens is 290 g/mol. The molecule has 0 aliphatic heterocycles. The Morgan fingerprint density at radius 3 is 2.86 bits per heavy atom. The van der Waals surface area contributed by atoms with E-state index in [4.69, 9.17) is 0 Å². The number of hydrogen-bond acceptors (Lipinski definition) is 4. The van der Waals surface area contributed by atoms with Gasteiger partial charge < -0.3 is 5.11 Å². The minimum atomic E-state index is -3.30. The van der Waals surface area contributed by atoms with Gasteiger partial charge >= 0.3 is 0 Å². The van der Waals surface area contributed by atoms with E-state index in [-0.39, 0.29) is 11.2 Å². The van der Waals surface area contributed by atoms with Crippen LogP contribution >= 0.6 is 27.3 Å². The van der Waals surface area contributed by atoms with Crippen LogP contribution in [0.5, 0.6) is 0 Å². The summed E-state index contributed by atoms with van der Waals surface area (Å²) in [7, 11) is -3.30. The first kappa shape index (κ1) is 12.1. The molecular formula is C7H10BrNO3S2. The predicted molar refractivity (Wildman–Crippen MR) is 60.0 cm³/mol. The first-order valence-electron chi connectivity index (χ1n) is 3.78. The quantitative estimate of drug-likeness (QED) is 0.799. The SMILES string of the molecule is O=S(=O)(CBr)NCC(O)c1ccsc1. The van der Waals surface area contributed by atoms with Gasteiger partial charge in [0.2, 0.25) is 10.0 Å². The summed E-state index contributed by atoms with van der Waals surface area (Å²) < 4.78 is 24.1. The molecule has 0 aliphatic rings. The summed E-state index contributed by atoms with van der Waals surface area (Å²) >= 11 is 4.30. The molecule has 1 heterocycles. The molecule has 7 heteroatoms. The van der Waals surface area contributed by atoms with Crippen LogP contribution in [-0.2, 0) is 10.0 Å². The molecule has 0 saturated heterocycles. The number of thiophene rings is 1. The number of hydrogen-bond donors (Lipinski definition) is 2. The van der Waals surface area contributed by atoms with E-state index in [1.807, 2.05) is 5.38 Å². The van der Waals surface area contributed by atoms with Gasteiger partial charge in [-0.2, -0.15) is 11.3 Å². The van der Waals surface area contributed by atoms with Crippen LogP contribution in [0.1, 0.15) is 11.7 Å². The number of rotatable bonds is 5. The summed E-state index contributed by atoms with van der Waals surface area (Å²) in [5, 5.41) is 13.1. The maximum atomic E-state index is 11.0. The van der Waals surface area contributed by atoms with Gasteiger partial charge in [-0.25, -0.2) is 13.1 Å². The Balaban J connectivity index is 2.47. The van der Waals surface area contributed by atoms with Gasteiger partial charge in [0.15, 0.2) is 0 Å². The predicted octanol–water partition coefficient (Wildman–Crippen LogP) is 1.05. The van der Waals surface area contributed by atoms with E-state index in [1.54, 1.807) is 11.4 Å². The van der Waals surface area contributed by atoms with E-state index in [2.05, 4.69) is 20.7 Å². The summed E-state index contributed by atoms with van der Waals surface area (Å²) in [6.07, 6.45) is -0.782. The average molecular weight is 300 g/mol. The Kier molecular flexibility index (Phi) is 4.52. The van der Waals surface area contributed by atoms with E-state index in [0.717, 1.165) is 5.56 Å². The van der Waals surface area contributed by atoms with Crippen molar-refractivity contribution in [1.29, 1.82) is 0 Å². The molecule has 80 valence electrons. The van der Waals surface area contributed by atoms with Crippen LogP contribution in [0.3, 0.4) is 0 Å². The molecule has 0 aliphatic carbocycles. The van der Waals surface area contributed by atoms with Crippen molar-refractivity contribution in [3.8, 4) is 0 Å².